The molecule has 9 nitrogen and oxygen atoms in total. The van der Waals surface area contributed by atoms with Crippen molar-refractivity contribution in [2.75, 3.05) is 51.3 Å². The lowest BCUT2D eigenvalue weighted by Gasteiger charge is -2.26. The number of nitrogens with one attached hydrogen (secondary N) is 1. The van der Waals surface area contributed by atoms with Crippen molar-refractivity contribution < 1.29 is 29.0 Å². The molecule has 0 spiro atoms. The summed E-state index contributed by atoms with van der Waals surface area (Å²) < 4.78 is 12.0. The first kappa shape index (κ1) is 32.9. The summed E-state index contributed by atoms with van der Waals surface area (Å²) in [7, 11) is 0. The van der Waals surface area contributed by atoms with Crippen molar-refractivity contribution in [1.82, 2.24) is 9.80 Å². The zero-order valence-corrected chi connectivity index (χ0v) is 27.1. The maximum atomic E-state index is 13.3. The van der Waals surface area contributed by atoms with E-state index in [1.807, 2.05) is 18.2 Å². The third kappa shape index (κ3) is 8.63. The molecule has 2 saturated heterocycles. The molecule has 5 rings (SSSR count). The smallest absolute Gasteiger partial charge is 0.335 e. The van der Waals surface area contributed by atoms with Crippen molar-refractivity contribution in [2.24, 2.45) is 0 Å². The molecule has 2 N–H and O–H groups in total. The van der Waals surface area contributed by atoms with E-state index in [-0.39, 0.29) is 30.3 Å². The maximum absolute atomic E-state index is 13.3. The van der Waals surface area contributed by atoms with Crippen LogP contribution in [0, 0.1) is 0 Å². The Balaban J connectivity index is 1.29. The van der Waals surface area contributed by atoms with Gasteiger partial charge >= 0.3 is 5.97 Å². The predicted molar refractivity (Wildman–Crippen MR) is 181 cm³/mol. The Hall–Kier alpha value is -3.45. The molecule has 2 aliphatic rings. The van der Waals surface area contributed by atoms with Gasteiger partial charge in [-0.3, -0.25) is 19.4 Å². The van der Waals surface area contributed by atoms with Crippen molar-refractivity contribution >= 4 is 81.0 Å². The first-order chi connectivity index (χ1) is 21.7. The molecule has 13 heteroatoms. The zero-order valence-electron chi connectivity index (χ0n) is 24.0. The number of rotatable bonds is 11. The van der Waals surface area contributed by atoms with Crippen LogP contribution >= 0.6 is 47.2 Å². The van der Waals surface area contributed by atoms with Crippen LogP contribution in [0.5, 0.6) is 5.75 Å². The molecular formula is C32H29Cl2N3O6S2. The highest BCUT2D eigenvalue weighted by Gasteiger charge is 2.32. The minimum atomic E-state index is -1.09. The fourth-order valence-electron chi connectivity index (χ4n) is 4.80. The lowest BCUT2D eigenvalue weighted by Crippen LogP contribution is -2.38. The number of nitrogens with zero attached hydrogens (tertiary/aromatic N) is 2. The topological polar surface area (TPSA) is 108 Å². The Morgan fingerprint density at radius 2 is 1.84 bits per heavy atom. The number of hydrogen-bond acceptors (Lipinski definition) is 8. The van der Waals surface area contributed by atoms with Crippen LogP contribution in [-0.2, 0) is 14.3 Å². The van der Waals surface area contributed by atoms with Gasteiger partial charge in [-0.1, -0.05) is 59.3 Å². The van der Waals surface area contributed by atoms with Gasteiger partial charge in [-0.25, -0.2) is 4.79 Å². The van der Waals surface area contributed by atoms with Crippen LogP contribution in [0.15, 0.2) is 65.6 Å². The number of halogens is 2. The van der Waals surface area contributed by atoms with Gasteiger partial charge in [0, 0.05) is 59.5 Å². The number of ether oxygens (including phenoxy) is 2. The summed E-state index contributed by atoms with van der Waals surface area (Å²) in [5, 5.41) is 12.9. The number of carbonyl (C=O) groups excluding carboxylic acids is 2. The lowest BCUT2D eigenvalue weighted by molar-refractivity contribution is -0.122. The molecular weight excluding hydrogens is 657 g/mol. The van der Waals surface area contributed by atoms with Gasteiger partial charge < -0.3 is 19.9 Å². The summed E-state index contributed by atoms with van der Waals surface area (Å²) in [5.74, 6) is -1.14. The Morgan fingerprint density at radius 1 is 1.04 bits per heavy atom. The van der Waals surface area contributed by atoms with Gasteiger partial charge in [0.15, 0.2) is 0 Å². The van der Waals surface area contributed by atoms with Crippen LogP contribution in [0.2, 0.25) is 10.0 Å². The predicted octanol–water partition coefficient (Wildman–Crippen LogP) is 6.30. The summed E-state index contributed by atoms with van der Waals surface area (Å²) in [5.41, 5.74) is 2.58. The summed E-state index contributed by atoms with van der Waals surface area (Å²) >= 11 is 19.5. The molecule has 2 aliphatic heterocycles. The number of amides is 2. The van der Waals surface area contributed by atoms with E-state index < -0.39 is 5.97 Å². The van der Waals surface area contributed by atoms with Crippen LogP contribution in [0.3, 0.4) is 0 Å². The van der Waals surface area contributed by atoms with E-state index >= 15 is 0 Å². The first-order valence-corrected chi connectivity index (χ1v) is 16.1. The largest absolute Gasteiger partial charge is 0.492 e. The Morgan fingerprint density at radius 3 is 2.62 bits per heavy atom. The van der Waals surface area contributed by atoms with Crippen LogP contribution in [-0.4, -0.2) is 83.0 Å². The minimum Gasteiger partial charge on any atom is -0.492 e. The van der Waals surface area contributed by atoms with Crippen LogP contribution in [0.1, 0.15) is 22.3 Å². The number of anilines is 1. The van der Waals surface area contributed by atoms with Crippen molar-refractivity contribution in [1.29, 1.82) is 0 Å². The summed E-state index contributed by atoms with van der Waals surface area (Å²) in [6.45, 7) is 4.44. The molecule has 0 bridgehead atoms. The summed E-state index contributed by atoms with van der Waals surface area (Å²) in [6.07, 6.45) is 1.72. The zero-order chi connectivity index (χ0) is 31.9. The standard InChI is InChI=1S/C32H29Cl2N3O6S2/c33-22-5-6-26(34)24(19-22)25-16-20(4-7-27(25)43-15-12-36-10-13-42-14-11-36)17-28-30(39)37(32(44)45-28)9-8-29(38)35-23-3-1-2-21(18-23)31(40)41/h1-7,16-19H,8-15H2,(H,35,38)(H,40,41)/b28-17-. The first-order valence-electron chi connectivity index (χ1n) is 14.1. The highest BCUT2D eigenvalue weighted by molar-refractivity contribution is 8.26. The number of thioether (sulfide) groups is 1. The van der Waals surface area contributed by atoms with Crippen molar-refractivity contribution in [2.45, 2.75) is 6.42 Å². The van der Waals surface area contributed by atoms with E-state index in [0.29, 0.717) is 56.1 Å². The van der Waals surface area contributed by atoms with E-state index in [1.165, 1.54) is 17.0 Å². The number of morpholine rings is 1. The second-order valence-electron chi connectivity index (χ2n) is 10.2. The number of aromatic carboxylic acids is 1. The Labute approximate surface area is 280 Å². The quantitative estimate of drug-likeness (QED) is 0.178. The second kappa shape index (κ2) is 15.2. The van der Waals surface area contributed by atoms with Crippen LogP contribution in [0.4, 0.5) is 5.69 Å². The summed E-state index contributed by atoms with van der Waals surface area (Å²) in [6, 6.07) is 16.8. The molecule has 0 aliphatic carbocycles. The van der Waals surface area contributed by atoms with E-state index in [2.05, 4.69) is 10.2 Å². The molecule has 0 radical (unpaired) electrons. The molecule has 2 fully saturated rings. The molecule has 45 heavy (non-hydrogen) atoms. The van der Waals surface area contributed by atoms with E-state index in [0.717, 1.165) is 42.5 Å². The normalized spacial score (nSPS) is 16.3. The van der Waals surface area contributed by atoms with Crippen molar-refractivity contribution in [3.8, 4) is 16.9 Å². The van der Waals surface area contributed by atoms with Crippen LogP contribution in [0.25, 0.3) is 17.2 Å². The van der Waals surface area contributed by atoms with E-state index in [1.54, 1.807) is 36.4 Å². The fraction of sp³-hybridized carbons (Fsp3) is 0.250. The average molecular weight is 687 g/mol. The van der Waals surface area contributed by atoms with Gasteiger partial charge in [0.1, 0.15) is 16.7 Å². The molecule has 0 unspecified atom stereocenters. The van der Waals surface area contributed by atoms with Gasteiger partial charge in [-0.2, -0.15) is 0 Å². The van der Waals surface area contributed by atoms with E-state index in [4.69, 9.17) is 50.0 Å². The molecule has 3 aromatic carbocycles. The Kier molecular flexibility index (Phi) is 11.1. The Bertz CT molecular complexity index is 1660. The molecule has 0 atom stereocenters. The number of hydrogen-bond donors (Lipinski definition) is 2. The SMILES string of the molecule is O=C(CCN1C(=O)/C(=C/c2ccc(OCCN3CCOCC3)c(-c3cc(Cl)ccc3Cl)c2)SC1=S)Nc1cccc(C(=O)O)c1. The van der Waals surface area contributed by atoms with Gasteiger partial charge in [0.25, 0.3) is 5.91 Å². The van der Waals surface area contributed by atoms with Crippen molar-refractivity contribution in [3.63, 3.8) is 0 Å². The maximum Gasteiger partial charge on any atom is 0.335 e. The number of carboxylic acid groups (broad SMARTS) is 1. The molecule has 2 heterocycles. The second-order valence-corrected chi connectivity index (χ2v) is 12.7. The number of carboxylic acids is 1. The highest BCUT2D eigenvalue weighted by atomic mass is 35.5. The third-order valence-electron chi connectivity index (χ3n) is 7.12. The van der Waals surface area contributed by atoms with Crippen molar-refractivity contribution in [3.05, 3.63) is 86.7 Å². The summed E-state index contributed by atoms with van der Waals surface area (Å²) in [4.78, 5) is 41.1. The van der Waals surface area contributed by atoms with E-state index in [9.17, 15) is 14.4 Å². The lowest BCUT2D eigenvalue weighted by atomic mass is 10.0. The average Bonchev–Trinajstić information content (AvgIpc) is 3.29. The van der Waals surface area contributed by atoms with Crippen LogP contribution < -0.4 is 10.1 Å². The molecule has 3 aromatic rings. The fourth-order valence-corrected chi connectivity index (χ4v) is 6.50. The minimum absolute atomic E-state index is 0.0229. The monoisotopic (exact) mass is 685 g/mol. The molecule has 2 amide bonds. The number of thiocarbonyl (C=S) groups is 1. The highest BCUT2D eigenvalue weighted by Crippen LogP contribution is 2.39. The van der Waals surface area contributed by atoms with Gasteiger partial charge in [0.2, 0.25) is 5.91 Å². The molecule has 0 aromatic heterocycles. The van der Waals surface area contributed by atoms with Gasteiger partial charge in [0.05, 0.1) is 23.7 Å². The number of carbonyl (C=O) groups is 3. The molecule has 0 saturated carbocycles. The third-order valence-corrected chi connectivity index (χ3v) is 9.06. The molecule has 234 valence electrons. The van der Waals surface area contributed by atoms with Gasteiger partial charge in [-0.05, 0) is 60.2 Å². The number of benzene rings is 3. The van der Waals surface area contributed by atoms with Gasteiger partial charge in [-0.15, -0.1) is 0 Å².